The highest BCUT2D eigenvalue weighted by molar-refractivity contribution is 5.77. The van der Waals surface area contributed by atoms with Crippen molar-refractivity contribution in [2.75, 3.05) is 0 Å². The van der Waals surface area contributed by atoms with Crippen molar-refractivity contribution in [1.29, 1.82) is 0 Å². The van der Waals surface area contributed by atoms with Gasteiger partial charge in [-0.15, -0.1) is 0 Å². The first-order valence-electron chi connectivity index (χ1n) is 10.5. The molecule has 2 N–H and O–H groups in total. The Morgan fingerprint density at radius 2 is 1.05 bits per heavy atom. The highest BCUT2D eigenvalue weighted by Crippen LogP contribution is 2.68. The van der Waals surface area contributed by atoms with Gasteiger partial charge in [-0.25, -0.2) is 0 Å². The molecular weight excluding hydrogens is 577 g/mol. The van der Waals surface area contributed by atoms with Crippen LogP contribution in [0.25, 0.3) is 0 Å². The molecule has 38 heavy (non-hydrogen) atoms. The average molecular weight is 596 g/mol. The van der Waals surface area contributed by atoms with Gasteiger partial charge in [-0.3, -0.25) is 4.79 Å². The summed E-state index contributed by atoms with van der Waals surface area (Å²) in [6.07, 6.45) is -39.5. The number of rotatable bonds is 5. The molecular formula is C19H19F15O4. The predicted molar refractivity (Wildman–Crippen MR) is 91.6 cm³/mol. The van der Waals surface area contributed by atoms with Gasteiger partial charge < -0.3 is 14.9 Å². The molecule has 2 aliphatic rings. The molecule has 2 saturated carbocycles. The Bertz CT molecular complexity index is 872. The van der Waals surface area contributed by atoms with E-state index in [1.54, 1.807) is 0 Å². The molecule has 0 radical (unpaired) electrons. The van der Waals surface area contributed by atoms with Gasteiger partial charge in [-0.2, -0.15) is 65.9 Å². The largest absolute Gasteiger partial charge is 0.461 e. The lowest BCUT2D eigenvalue weighted by molar-refractivity contribution is -0.428. The van der Waals surface area contributed by atoms with E-state index in [2.05, 4.69) is 4.74 Å². The van der Waals surface area contributed by atoms with Gasteiger partial charge in [0.15, 0.2) is 5.41 Å². The van der Waals surface area contributed by atoms with Crippen molar-refractivity contribution < 1.29 is 85.6 Å². The SMILES string of the molecule is CCC(C)(C(=O)OC1CC2CC1C(C(O)(C(F)(F)F)C(F)(F)F)C2C(O)(C(F)(F)F)C(F)(F)F)C(F)(F)F. The monoisotopic (exact) mass is 596 g/mol. The fourth-order valence-electron chi connectivity index (χ4n) is 5.41. The first-order valence-corrected chi connectivity index (χ1v) is 10.5. The fraction of sp³-hybridized carbons (Fsp3) is 0.947. The van der Waals surface area contributed by atoms with E-state index in [-0.39, 0.29) is 6.92 Å². The van der Waals surface area contributed by atoms with E-state index in [0.717, 1.165) is 6.92 Å². The van der Waals surface area contributed by atoms with Crippen LogP contribution >= 0.6 is 0 Å². The molecule has 6 unspecified atom stereocenters. The second kappa shape index (κ2) is 8.92. The summed E-state index contributed by atoms with van der Waals surface area (Å²) in [5.41, 5.74) is -15.9. The van der Waals surface area contributed by atoms with Gasteiger partial charge in [-0.1, -0.05) is 6.92 Å². The molecule has 0 aromatic rings. The summed E-state index contributed by atoms with van der Waals surface area (Å²) >= 11 is 0. The number of hydrogen-bond acceptors (Lipinski definition) is 4. The van der Waals surface area contributed by atoms with Crippen molar-refractivity contribution in [2.45, 2.75) is 81.3 Å². The van der Waals surface area contributed by atoms with Crippen LogP contribution in [-0.2, 0) is 9.53 Å². The zero-order valence-electron chi connectivity index (χ0n) is 18.9. The third-order valence-electron chi connectivity index (χ3n) is 7.68. The normalized spacial score (nSPS) is 29.4. The lowest BCUT2D eigenvalue weighted by Crippen LogP contribution is -2.72. The van der Waals surface area contributed by atoms with Gasteiger partial charge in [0.25, 0.3) is 11.2 Å². The van der Waals surface area contributed by atoms with E-state index < -0.39 is 103 Å². The van der Waals surface area contributed by atoms with Gasteiger partial charge >= 0.3 is 36.9 Å². The summed E-state index contributed by atoms with van der Waals surface area (Å²) < 4.78 is 208. The summed E-state index contributed by atoms with van der Waals surface area (Å²) in [6.45, 7) is 1.05. The zero-order valence-corrected chi connectivity index (χ0v) is 18.9. The van der Waals surface area contributed by atoms with Crippen LogP contribution in [0, 0.1) is 29.1 Å². The van der Waals surface area contributed by atoms with E-state index in [1.807, 2.05) is 0 Å². The van der Waals surface area contributed by atoms with Gasteiger partial charge in [0.1, 0.15) is 6.10 Å². The van der Waals surface area contributed by atoms with Gasteiger partial charge in [0, 0.05) is 17.8 Å². The van der Waals surface area contributed by atoms with E-state index in [0.29, 0.717) is 0 Å². The summed E-state index contributed by atoms with van der Waals surface area (Å²) in [5.74, 6) is -15.8. The van der Waals surface area contributed by atoms with Crippen LogP contribution in [0.5, 0.6) is 0 Å². The first-order chi connectivity index (χ1) is 16.5. The molecule has 19 heteroatoms. The minimum Gasteiger partial charge on any atom is -0.461 e. The Kier molecular flexibility index (Phi) is 7.64. The van der Waals surface area contributed by atoms with Crippen LogP contribution in [0.1, 0.15) is 33.1 Å². The van der Waals surface area contributed by atoms with Crippen molar-refractivity contribution in [3.63, 3.8) is 0 Å². The number of alkyl halides is 15. The van der Waals surface area contributed by atoms with Crippen molar-refractivity contribution in [2.24, 2.45) is 29.1 Å². The number of carbonyl (C=O) groups excluding carboxylic acids is 1. The zero-order chi connectivity index (χ0) is 30.3. The van der Waals surface area contributed by atoms with Crippen molar-refractivity contribution in [3.05, 3.63) is 0 Å². The van der Waals surface area contributed by atoms with Gasteiger partial charge in [0.05, 0.1) is 0 Å². The van der Waals surface area contributed by atoms with Crippen LogP contribution in [-0.4, -0.2) is 64.4 Å². The number of aliphatic hydroxyl groups is 2. The maximum Gasteiger partial charge on any atom is 0.426 e. The number of esters is 1. The minimum atomic E-state index is -6.99. The lowest BCUT2D eigenvalue weighted by Gasteiger charge is -2.51. The molecule has 224 valence electrons. The molecule has 0 spiro atoms. The van der Waals surface area contributed by atoms with Crippen molar-refractivity contribution in [3.8, 4) is 0 Å². The maximum atomic E-state index is 13.7. The molecule has 0 amide bonds. The number of fused-ring (bicyclic) bond motifs is 2. The van der Waals surface area contributed by atoms with E-state index in [4.69, 9.17) is 0 Å². The lowest BCUT2D eigenvalue weighted by atomic mass is 9.62. The second-order valence-electron chi connectivity index (χ2n) is 9.60. The van der Waals surface area contributed by atoms with E-state index in [9.17, 15) is 80.9 Å². The van der Waals surface area contributed by atoms with E-state index in [1.165, 1.54) is 0 Å². The van der Waals surface area contributed by atoms with Gasteiger partial charge in [0.2, 0.25) is 0 Å². The molecule has 0 aromatic carbocycles. The van der Waals surface area contributed by atoms with E-state index >= 15 is 0 Å². The third-order valence-corrected chi connectivity index (χ3v) is 7.68. The number of ether oxygens (including phenoxy) is 1. The fourth-order valence-corrected chi connectivity index (χ4v) is 5.41. The number of carbonyl (C=O) groups is 1. The van der Waals surface area contributed by atoms with Crippen molar-refractivity contribution >= 4 is 5.97 Å². The molecule has 2 fully saturated rings. The molecule has 6 atom stereocenters. The number of halogens is 15. The quantitative estimate of drug-likeness (QED) is 0.309. The smallest absolute Gasteiger partial charge is 0.426 e. The summed E-state index contributed by atoms with van der Waals surface area (Å²) in [7, 11) is 0. The molecule has 2 bridgehead atoms. The maximum absolute atomic E-state index is 13.7. The summed E-state index contributed by atoms with van der Waals surface area (Å²) in [4.78, 5) is 12.3. The molecule has 2 aliphatic carbocycles. The Balaban J connectivity index is 2.76. The van der Waals surface area contributed by atoms with Crippen LogP contribution in [0.2, 0.25) is 0 Å². The van der Waals surface area contributed by atoms with Crippen molar-refractivity contribution in [1.82, 2.24) is 0 Å². The third kappa shape index (κ3) is 4.48. The topological polar surface area (TPSA) is 66.8 Å². The minimum absolute atomic E-state index is 0.247. The molecule has 0 aliphatic heterocycles. The summed E-state index contributed by atoms with van der Waals surface area (Å²) in [5, 5.41) is 19.6. The molecule has 0 heterocycles. The molecule has 0 saturated heterocycles. The predicted octanol–water partition coefficient (Wildman–Crippen LogP) is 5.86. The molecule has 0 aromatic heterocycles. The van der Waals surface area contributed by atoms with Crippen LogP contribution in [0.3, 0.4) is 0 Å². The summed E-state index contributed by atoms with van der Waals surface area (Å²) in [6, 6.07) is 0. The highest BCUT2D eigenvalue weighted by Gasteiger charge is 2.86. The number of hydrogen-bond donors (Lipinski definition) is 2. The Morgan fingerprint density at radius 1 is 0.684 bits per heavy atom. The molecule has 4 nitrogen and oxygen atoms in total. The Labute approximate surface area is 203 Å². The van der Waals surface area contributed by atoms with Gasteiger partial charge in [-0.05, 0) is 32.1 Å². The highest BCUT2D eigenvalue weighted by atomic mass is 19.4. The first kappa shape index (κ1) is 32.6. The molecule has 2 rings (SSSR count). The van der Waals surface area contributed by atoms with Crippen LogP contribution < -0.4 is 0 Å². The standard InChI is InChI=1S/C19H19F15O4/c1-3-12(2,15(20,21)22)11(35)38-8-5-6-4-7(8)10(14(37,18(29,30)31)19(32,33)34)9(6)13(36,16(23,24)25)17(26,27)28/h6-10,36-37H,3-5H2,1-2H3. The Morgan fingerprint density at radius 3 is 1.37 bits per heavy atom. The van der Waals surface area contributed by atoms with Crippen LogP contribution in [0.4, 0.5) is 65.9 Å². The Hall–Kier alpha value is -1.66. The second-order valence-corrected chi connectivity index (χ2v) is 9.60. The van der Waals surface area contributed by atoms with Crippen LogP contribution in [0.15, 0.2) is 0 Å². The average Bonchev–Trinajstić information content (AvgIpc) is 3.25.